The number of carbonyl (C=O) groups is 1. The molecule has 191 valence electrons. The Morgan fingerprint density at radius 1 is 1.00 bits per heavy atom. The van der Waals surface area contributed by atoms with E-state index in [0.717, 1.165) is 29.7 Å². The van der Waals surface area contributed by atoms with Crippen LogP contribution in [-0.2, 0) is 24.9 Å². The maximum absolute atomic E-state index is 11.4. The van der Waals surface area contributed by atoms with E-state index in [2.05, 4.69) is 75.1 Å². The second-order valence-corrected chi connectivity index (χ2v) is 9.64. The number of carbonyl (C=O) groups excluding carboxylic acids is 1. The van der Waals surface area contributed by atoms with Gasteiger partial charge >= 0.3 is 0 Å². The molecule has 0 aliphatic heterocycles. The largest absolute Gasteiger partial charge is 0.512 e. The fraction of sp³-hybridized carbons (Fsp3) is 0.419. The quantitative estimate of drug-likeness (QED) is 0.158. The molecule has 3 aromatic rings. The van der Waals surface area contributed by atoms with Crippen LogP contribution in [0.1, 0.15) is 77.0 Å². The monoisotopic (exact) mass is 651 g/mol. The van der Waals surface area contributed by atoms with Crippen molar-refractivity contribution in [3.63, 3.8) is 0 Å². The average Bonchev–Trinajstić information content (AvgIpc) is 2.81. The number of nitrogens with zero attached hydrogens (tertiary/aromatic N) is 1. The SMILES string of the molecule is CCC(C)C(=O)/C=C(\O)C(C)CC.Cc1[c-]c(-c2nccc3cc(C(C)C)ccc23)cc(C)c1.[Ir]. The van der Waals surface area contributed by atoms with E-state index in [1.165, 1.54) is 28.0 Å². The van der Waals surface area contributed by atoms with Crippen molar-refractivity contribution in [2.24, 2.45) is 11.8 Å². The number of aliphatic hydroxyl groups excluding tert-OH is 1. The van der Waals surface area contributed by atoms with Gasteiger partial charge in [0.15, 0.2) is 5.78 Å². The molecule has 0 fully saturated rings. The summed E-state index contributed by atoms with van der Waals surface area (Å²) in [7, 11) is 0. The predicted octanol–water partition coefficient (Wildman–Crippen LogP) is 8.53. The van der Waals surface area contributed by atoms with Crippen molar-refractivity contribution in [2.45, 2.75) is 74.1 Å². The van der Waals surface area contributed by atoms with Crippen molar-refractivity contribution in [3.05, 3.63) is 77.2 Å². The fourth-order valence-corrected chi connectivity index (χ4v) is 3.63. The van der Waals surface area contributed by atoms with Gasteiger partial charge in [0, 0.05) is 44.2 Å². The Hall–Kier alpha value is -2.29. The molecule has 3 rings (SSSR count). The molecule has 0 saturated heterocycles. The number of fused-ring (bicyclic) bond motifs is 1. The van der Waals surface area contributed by atoms with Crippen LogP contribution in [0.4, 0.5) is 0 Å². The average molecular weight is 651 g/mol. The summed E-state index contributed by atoms with van der Waals surface area (Å²) in [4.78, 5) is 16.0. The second-order valence-electron chi connectivity index (χ2n) is 9.64. The summed E-state index contributed by atoms with van der Waals surface area (Å²) in [5.41, 5.74) is 5.87. The van der Waals surface area contributed by atoms with Crippen molar-refractivity contribution in [3.8, 4) is 11.3 Å². The molecule has 4 heteroatoms. The van der Waals surface area contributed by atoms with Crippen LogP contribution in [0.3, 0.4) is 0 Å². The first-order valence-electron chi connectivity index (χ1n) is 12.4. The summed E-state index contributed by atoms with van der Waals surface area (Å²) in [5, 5.41) is 11.9. The van der Waals surface area contributed by atoms with E-state index in [-0.39, 0.29) is 43.5 Å². The summed E-state index contributed by atoms with van der Waals surface area (Å²) >= 11 is 0. The van der Waals surface area contributed by atoms with E-state index in [4.69, 9.17) is 0 Å². The number of benzene rings is 2. The first kappa shape index (κ1) is 30.7. The third-order valence-corrected chi connectivity index (χ3v) is 6.36. The van der Waals surface area contributed by atoms with Gasteiger partial charge in [-0.1, -0.05) is 73.6 Å². The van der Waals surface area contributed by atoms with Gasteiger partial charge in [0.1, 0.15) is 0 Å². The van der Waals surface area contributed by atoms with Gasteiger partial charge in [0.2, 0.25) is 0 Å². The van der Waals surface area contributed by atoms with Gasteiger partial charge in [-0.3, -0.25) is 4.79 Å². The number of hydrogen-bond donors (Lipinski definition) is 1. The smallest absolute Gasteiger partial charge is 0.161 e. The summed E-state index contributed by atoms with van der Waals surface area (Å²) < 4.78 is 0. The molecular formula is C31H40IrNO2-. The van der Waals surface area contributed by atoms with Crippen molar-refractivity contribution in [2.75, 3.05) is 0 Å². The van der Waals surface area contributed by atoms with Crippen LogP contribution in [0.25, 0.3) is 22.0 Å². The molecule has 0 aliphatic rings. The van der Waals surface area contributed by atoms with E-state index in [1.54, 1.807) is 0 Å². The fourth-order valence-electron chi connectivity index (χ4n) is 3.63. The van der Waals surface area contributed by atoms with Gasteiger partial charge in [-0.15, -0.1) is 34.9 Å². The second kappa shape index (κ2) is 14.3. The van der Waals surface area contributed by atoms with Crippen LogP contribution in [0.15, 0.2) is 54.4 Å². The topological polar surface area (TPSA) is 50.2 Å². The standard InChI is InChI=1S/C20H20N.C11H20O2.Ir/c1-13(2)16-5-6-19-17(12-16)7-8-21-20(19)18-10-14(3)9-15(4)11-18;1-5-8(3)10(12)7-11(13)9(4)6-2;/h5-10,12-13H,1-4H3;7-9,12H,5-6H2,1-4H3;/q-1;;/b;10-7-;. The maximum Gasteiger partial charge on any atom is 0.161 e. The zero-order chi connectivity index (χ0) is 25.4. The molecule has 1 N–H and O–H groups in total. The molecular weight excluding hydrogens is 611 g/mol. The third-order valence-electron chi connectivity index (χ3n) is 6.36. The Morgan fingerprint density at radius 2 is 1.66 bits per heavy atom. The van der Waals surface area contributed by atoms with Gasteiger partial charge in [0.25, 0.3) is 0 Å². The van der Waals surface area contributed by atoms with E-state index in [1.807, 2.05) is 33.9 Å². The van der Waals surface area contributed by atoms with Crippen molar-refractivity contribution in [1.82, 2.24) is 4.98 Å². The normalized spacial score (nSPS) is 13.0. The zero-order valence-electron chi connectivity index (χ0n) is 22.4. The molecule has 1 heterocycles. The van der Waals surface area contributed by atoms with Crippen LogP contribution in [-0.4, -0.2) is 15.9 Å². The van der Waals surface area contributed by atoms with Gasteiger partial charge < -0.3 is 10.1 Å². The van der Waals surface area contributed by atoms with Gasteiger partial charge in [-0.2, -0.15) is 0 Å². The van der Waals surface area contributed by atoms with Gasteiger partial charge in [0.05, 0.1) is 5.76 Å². The molecule has 35 heavy (non-hydrogen) atoms. The Bertz CT molecular complexity index is 1130. The first-order chi connectivity index (χ1) is 16.1. The molecule has 2 aromatic carbocycles. The number of aliphatic hydroxyl groups is 1. The molecule has 0 amide bonds. The van der Waals surface area contributed by atoms with Crippen molar-refractivity contribution < 1.29 is 30.0 Å². The number of allylic oxidation sites excluding steroid dienone is 2. The summed E-state index contributed by atoms with van der Waals surface area (Å²) in [6.07, 6.45) is 4.95. The van der Waals surface area contributed by atoms with E-state index in [9.17, 15) is 9.90 Å². The van der Waals surface area contributed by atoms with E-state index < -0.39 is 0 Å². The number of pyridine rings is 1. The molecule has 1 aromatic heterocycles. The molecule has 2 unspecified atom stereocenters. The van der Waals surface area contributed by atoms with Crippen LogP contribution < -0.4 is 0 Å². The van der Waals surface area contributed by atoms with Crippen LogP contribution in [0.5, 0.6) is 0 Å². The van der Waals surface area contributed by atoms with Gasteiger partial charge in [-0.25, -0.2) is 0 Å². The number of hydrogen-bond acceptors (Lipinski definition) is 3. The van der Waals surface area contributed by atoms with Crippen molar-refractivity contribution in [1.29, 1.82) is 0 Å². The minimum absolute atomic E-state index is 0. The predicted molar refractivity (Wildman–Crippen MR) is 144 cm³/mol. The zero-order valence-corrected chi connectivity index (χ0v) is 24.8. The summed E-state index contributed by atoms with van der Waals surface area (Å²) in [6, 6.07) is 16.5. The maximum atomic E-state index is 11.4. The molecule has 3 nitrogen and oxygen atoms in total. The van der Waals surface area contributed by atoms with E-state index in [0.29, 0.717) is 5.92 Å². The minimum atomic E-state index is 0. The third kappa shape index (κ3) is 8.70. The summed E-state index contributed by atoms with van der Waals surface area (Å²) in [5.74, 6) is 0.895. The number of rotatable bonds is 7. The summed E-state index contributed by atoms with van der Waals surface area (Å²) in [6.45, 7) is 16.4. The van der Waals surface area contributed by atoms with Crippen molar-refractivity contribution >= 4 is 16.6 Å². The molecule has 2 atom stereocenters. The first-order valence-corrected chi connectivity index (χ1v) is 12.4. The molecule has 0 spiro atoms. The van der Waals surface area contributed by atoms with Crippen LogP contribution in [0, 0.1) is 31.7 Å². The van der Waals surface area contributed by atoms with Crippen LogP contribution >= 0.6 is 0 Å². The van der Waals surface area contributed by atoms with Gasteiger partial charge in [-0.05, 0) is 46.9 Å². The molecule has 0 saturated carbocycles. The number of aromatic nitrogens is 1. The molecule has 0 bridgehead atoms. The van der Waals surface area contributed by atoms with Crippen LogP contribution in [0.2, 0.25) is 0 Å². The Kier molecular flexibility index (Phi) is 12.6. The number of aryl methyl sites for hydroxylation is 2. The Morgan fingerprint density at radius 3 is 2.23 bits per heavy atom. The Labute approximate surface area is 225 Å². The number of ketones is 1. The molecule has 0 aliphatic carbocycles. The van der Waals surface area contributed by atoms with E-state index >= 15 is 0 Å². The minimum Gasteiger partial charge on any atom is -0.512 e. The molecule has 1 radical (unpaired) electrons. The Balaban J connectivity index is 0.000000383.